The zero-order valence-electron chi connectivity index (χ0n) is 13.7. The van der Waals surface area contributed by atoms with Crippen molar-refractivity contribution in [2.45, 2.75) is 31.7 Å². The summed E-state index contributed by atoms with van der Waals surface area (Å²) >= 11 is 2.20. The molecule has 4 rings (SSSR count). The summed E-state index contributed by atoms with van der Waals surface area (Å²) < 4.78 is 0.944. The van der Waals surface area contributed by atoms with Crippen LogP contribution in [-0.4, -0.2) is 21.1 Å². The van der Waals surface area contributed by atoms with E-state index in [0.29, 0.717) is 11.5 Å². The van der Waals surface area contributed by atoms with Crippen molar-refractivity contribution < 1.29 is 4.79 Å². The number of amides is 1. The van der Waals surface area contributed by atoms with E-state index in [-0.39, 0.29) is 11.9 Å². The molecule has 5 nitrogen and oxygen atoms in total. The molecular weight excluding hydrogens is 427 g/mol. The number of nitrogens with zero attached hydrogens (tertiary/aromatic N) is 2. The van der Waals surface area contributed by atoms with Crippen LogP contribution in [0.5, 0.6) is 0 Å². The van der Waals surface area contributed by atoms with Gasteiger partial charge in [0.25, 0.3) is 5.91 Å². The summed E-state index contributed by atoms with van der Waals surface area (Å²) in [4.78, 5) is 17.4. The molecule has 0 unspecified atom stereocenters. The Morgan fingerprint density at radius 3 is 2.84 bits per heavy atom. The number of rotatable bonds is 4. The van der Waals surface area contributed by atoms with Crippen LogP contribution in [0.1, 0.15) is 47.8 Å². The predicted molar refractivity (Wildman–Crippen MR) is 105 cm³/mol. The van der Waals surface area contributed by atoms with Crippen LogP contribution in [0.4, 0.5) is 0 Å². The second-order valence-electron chi connectivity index (χ2n) is 6.52. The SMILES string of the molecule is O=C(N[C@@H](c1ccccn1)C1CCCC1)c1ccc2n[nH]c(I)c2c1. The first-order valence-electron chi connectivity index (χ1n) is 8.58. The highest BCUT2D eigenvalue weighted by molar-refractivity contribution is 14.1. The number of fused-ring (bicyclic) bond motifs is 1. The Hall–Kier alpha value is -1.96. The molecule has 2 N–H and O–H groups in total. The maximum atomic E-state index is 12.9. The number of carbonyl (C=O) groups excluding carboxylic acids is 1. The summed E-state index contributed by atoms with van der Waals surface area (Å²) in [5.74, 6) is 0.401. The number of aromatic nitrogens is 3. The van der Waals surface area contributed by atoms with Crippen molar-refractivity contribution in [3.8, 4) is 0 Å². The van der Waals surface area contributed by atoms with Gasteiger partial charge in [0, 0.05) is 17.1 Å². The molecule has 1 aliphatic rings. The topological polar surface area (TPSA) is 70.7 Å². The van der Waals surface area contributed by atoms with Gasteiger partial charge in [0.05, 0.1) is 17.3 Å². The molecule has 1 fully saturated rings. The fourth-order valence-corrected chi connectivity index (χ4v) is 4.18. The molecule has 0 spiro atoms. The van der Waals surface area contributed by atoms with Gasteiger partial charge in [0.1, 0.15) is 3.70 Å². The van der Waals surface area contributed by atoms with Gasteiger partial charge in [-0.05, 0) is 71.7 Å². The average molecular weight is 446 g/mol. The number of H-pyrrole nitrogens is 1. The molecule has 0 saturated heterocycles. The highest BCUT2D eigenvalue weighted by Crippen LogP contribution is 2.35. The summed E-state index contributed by atoms with van der Waals surface area (Å²) in [6.07, 6.45) is 6.52. The van der Waals surface area contributed by atoms with E-state index in [1.165, 1.54) is 12.8 Å². The van der Waals surface area contributed by atoms with Crippen LogP contribution in [0.15, 0.2) is 42.6 Å². The van der Waals surface area contributed by atoms with Crippen LogP contribution < -0.4 is 5.32 Å². The van der Waals surface area contributed by atoms with E-state index in [1.54, 1.807) is 6.20 Å². The average Bonchev–Trinajstić information content (AvgIpc) is 3.30. The van der Waals surface area contributed by atoms with Crippen LogP contribution in [0.2, 0.25) is 0 Å². The van der Waals surface area contributed by atoms with Crippen molar-refractivity contribution >= 4 is 39.4 Å². The van der Waals surface area contributed by atoms with Crippen molar-refractivity contribution in [1.29, 1.82) is 0 Å². The normalized spacial score (nSPS) is 16.2. The Morgan fingerprint density at radius 2 is 2.08 bits per heavy atom. The molecule has 2 aromatic heterocycles. The van der Waals surface area contributed by atoms with Gasteiger partial charge in [-0.2, -0.15) is 5.10 Å². The van der Waals surface area contributed by atoms with E-state index in [1.807, 2.05) is 36.4 Å². The maximum Gasteiger partial charge on any atom is 0.251 e. The fraction of sp³-hybridized carbons (Fsp3) is 0.316. The van der Waals surface area contributed by atoms with Crippen molar-refractivity contribution in [2.75, 3.05) is 0 Å². The summed E-state index contributed by atoms with van der Waals surface area (Å²) in [6, 6.07) is 11.5. The number of nitrogens with one attached hydrogen (secondary N) is 2. The fourth-order valence-electron chi connectivity index (χ4n) is 3.63. The van der Waals surface area contributed by atoms with Crippen LogP contribution in [0, 0.1) is 9.62 Å². The van der Waals surface area contributed by atoms with Crippen molar-refractivity contribution in [2.24, 2.45) is 5.92 Å². The second-order valence-corrected chi connectivity index (χ2v) is 7.60. The quantitative estimate of drug-likeness (QED) is 0.590. The van der Waals surface area contributed by atoms with E-state index in [4.69, 9.17) is 0 Å². The van der Waals surface area contributed by atoms with Gasteiger partial charge in [0.15, 0.2) is 0 Å². The van der Waals surface area contributed by atoms with Crippen LogP contribution in [0.25, 0.3) is 10.9 Å². The van der Waals surface area contributed by atoms with Gasteiger partial charge in [-0.15, -0.1) is 0 Å². The molecule has 6 heteroatoms. The van der Waals surface area contributed by atoms with E-state index in [0.717, 1.165) is 33.1 Å². The van der Waals surface area contributed by atoms with Crippen LogP contribution in [0.3, 0.4) is 0 Å². The number of benzene rings is 1. The minimum atomic E-state index is -0.0542. The lowest BCUT2D eigenvalue weighted by Crippen LogP contribution is -2.33. The Labute approximate surface area is 159 Å². The molecule has 1 atom stereocenters. The first-order chi connectivity index (χ1) is 12.2. The Morgan fingerprint density at radius 1 is 1.24 bits per heavy atom. The zero-order valence-corrected chi connectivity index (χ0v) is 15.9. The summed E-state index contributed by atoms with van der Waals surface area (Å²) in [5, 5.41) is 11.4. The highest BCUT2D eigenvalue weighted by atomic mass is 127. The third-order valence-electron chi connectivity index (χ3n) is 4.93. The van der Waals surface area contributed by atoms with Crippen molar-refractivity contribution in [3.05, 3.63) is 57.6 Å². The first kappa shape index (κ1) is 16.5. The number of halogens is 1. The third-order valence-corrected chi connectivity index (χ3v) is 5.76. The van der Waals surface area contributed by atoms with Gasteiger partial charge < -0.3 is 5.32 Å². The van der Waals surface area contributed by atoms with Crippen LogP contribution in [-0.2, 0) is 0 Å². The van der Waals surface area contributed by atoms with E-state index < -0.39 is 0 Å². The Balaban J connectivity index is 1.61. The molecule has 1 saturated carbocycles. The van der Waals surface area contributed by atoms with Gasteiger partial charge in [-0.1, -0.05) is 18.9 Å². The molecule has 1 aromatic carbocycles. The second kappa shape index (κ2) is 7.11. The lowest BCUT2D eigenvalue weighted by atomic mass is 9.94. The monoisotopic (exact) mass is 446 g/mol. The van der Waals surface area contributed by atoms with E-state index in [2.05, 4.69) is 43.1 Å². The summed E-state index contributed by atoms with van der Waals surface area (Å²) in [7, 11) is 0. The molecular formula is C19H19IN4O. The van der Waals surface area contributed by atoms with Gasteiger partial charge in [-0.3, -0.25) is 14.9 Å². The first-order valence-corrected chi connectivity index (χ1v) is 9.65. The van der Waals surface area contributed by atoms with Crippen molar-refractivity contribution in [3.63, 3.8) is 0 Å². The molecule has 128 valence electrons. The lowest BCUT2D eigenvalue weighted by Gasteiger charge is -2.24. The minimum absolute atomic E-state index is 0.0321. The largest absolute Gasteiger partial charge is 0.343 e. The Kier molecular flexibility index (Phi) is 4.70. The summed E-state index contributed by atoms with van der Waals surface area (Å²) in [5.41, 5.74) is 2.48. The standard InChI is InChI=1S/C19H19IN4O/c20-18-14-11-13(8-9-15(14)23-24-18)19(25)22-17(12-5-1-2-6-12)16-7-3-4-10-21-16/h3-4,7-12,17H,1-2,5-6H2,(H,22,25)(H,23,24)/t17-/m1/s1. The smallest absolute Gasteiger partial charge is 0.251 e. The minimum Gasteiger partial charge on any atom is -0.343 e. The highest BCUT2D eigenvalue weighted by Gasteiger charge is 2.29. The van der Waals surface area contributed by atoms with Gasteiger partial charge >= 0.3 is 0 Å². The molecule has 1 aliphatic carbocycles. The van der Waals surface area contributed by atoms with Gasteiger partial charge in [0.2, 0.25) is 0 Å². The zero-order chi connectivity index (χ0) is 17.2. The van der Waals surface area contributed by atoms with E-state index >= 15 is 0 Å². The van der Waals surface area contributed by atoms with Crippen LogP contribution >= 0.6 is 22.6 Å². The van der Waals surface area contributed by atoms with E-state index in [9.17, 15) is 4.79 Å². The molecule has 25 heavy (non-hydrogen) atoms. The molecule has 0 radical (unpaired) electrons. The summed E-state index contributed by atoms with van der Waals surface area (Å²) in [6.45, 7) is 0. The molecule has 0 bridgehead atoms. The lowest BCUT2D eigenvalue weighted by molar-refractivity contribution is 0.0920. The van der Waals surface area contributed by atoms with Crippen molar-refractivity contribution in [1.82, 2.24) is 20.5 Å². The number of hydrogen-bond acceptors (Lipinski definition) is 3. The third kappa shape index (κ3) is 3.40. The molecule has 1 amide bonds. The molecule has 2 heterocycles. The maximum absolute atomic E-state index is 12.9. The molecule has 0 aliphatic heterocycles. The van der Waals surface area contributed by atoms with Gasteiger partial charge in [-0.25, -0.2) is 0 Å². The number of pyridine rings is 1. The number of hydrogen-bond donors (Lipinski definition) is 2. The Bertz CT molecular complexity index is 887. The number of carbonyl (C=O) groups is 1. The number of aromatic amines is 1. The molecule has 3 aromatic rings. The predicted octanol–water partition coefficient (Wildman–Crippen LogP) is 4.22.